The van der Waals surface area contributed by atoms with E-state index in [-0.39, 0.29) is 16.5 Å². The molecule has 0 radical (unpaired) electrons. The third kappa shape index (κ3) is 4.09. The second-order valence-electron chi connectivity index (χ2n) is 8.76. The molecule has 40 heavy (non-hydrogen) atoms. The first-order valence-electron chi connectivity index (χ1n) is 11.6. The van der Waals surface area contributed by atoms with E-state index in [9.17, 15) is 18.0 Å². The number of sulfonamides is 1. The quantitative estimate of drug-likeness (QED) is 0.237. The summed E-state index contributed by atoms with van der Waals surface area (Å²) >= 11 is -2.34. The molecule has 12 heteroatoms. The van der Waals surface area contributed by atoms with Gasteiger partial charge in [-0.2, -0.15) is 17.2 Å². The first-order valence-corrected chi connectivity index (χ1v) is 15.4. The van der Waals surface area contributed by atoms with Crippen LogP contribution in [0.2, 0.25) is 0 Å². The summed E-state index contributed by atoms with van der Waals surface area (Å²) in [4.78, 5) is 24.9. The number of hydrogen-bond donors (Lipinski definition) is 0. The first kappa shape index (κ1) is 25.9. The fourth-order valence-electron chi connectivity index (χ4n) is 5.01. The summed E-state index contributed by atoms with van der Waals surface area (Å²) in [5.41, 5.74) is 5.81. The molecule has 196 valence electrons. The van der Waals surface area contributed by atoms with Crippen LogP contribution in [0.4, 0.5) is 0 Å². The Morgan fingerprint density at radius 3 is 1.85 bits per heavy atom. The standard InChI is InChI=1S/C14H7NO3S.C14H7NOS.Cr.3O/c16-14-9-5-2-1-4-8(9)13-12-10(14)6-3-7-11(12)19(17,18)15-13;16-14-9-5-2-1-4-8(9)13-12-10(14)6-3-7-11(12)17-15-13;;;;/h1-7H;1-7H;;;;. The van der Waals surface area contributed by atoms with Gasteiger partial charge in [0, 0.05) is 44.3 Å². The second-order valence-corrected chi connectivity index (χ2v) is 11.8. The van der Waals surface area contributed by atoms with E-state index in [2.05, 4.69) is 8.77 Å². The summed E-state index contributed by atoms with van der Waals surface area (Å²) in [6.45, 7) is 0. The van der Waals surface area contributed by atoms with Crippen LogP contribution in [0.1, 0.15) is 43.0 Å². The molecule has 2 aliphatic carbocycles. The molecular weight excluding hydrogens is 592 g/mol. The van der Waals surface area contributed by atoms with Crippen molar-refractivity contribution in [2.24, 2.45) is 4.40 Å². The molecule has 8 rings (SSSR count). The van der Waals surface area contributed by atoms with Crippen molar-refractivity contribution in [3.8, 4) is 11.3 Å². The Morgan fingerprint density at radius 2 is 1.15 bits per heavy atom. The third-order valence-electron chi connectivity index (χ3n) is 6.59. The fourth-order valence-corrected chi connectivity index (χ4v) is 7.07. The number of nitrogens with zero attached hydrogens (tertiary/aromatic N) is 2. The molecule has 0 N–H and O–H groups in total. The zero-order chi connectivity index (χ0) is 28.2. The molecule has 0 amide bonds. The van der Waals surface area contributed by atoms with Crippen LogP contribution in [0.15, 0.2) is 94.2 Å². The molecule has 4 aromatic carbocycles. The number of hydrogen-bond acceptors (Lipinski definition) is 9. The summed E-state index contributed by atoms with van der Waals surface area (Å²) < 4.78 is 59.1. The van der Waals surface area contributed by atoms with Gasteiger partial charge in [-0.3, -0.25) is 9.59 Å². The van der Waals surface area contributed by atoms with Crippen LogP contribution in [0.5, 0.6) is 0 Å². The third-order valence-corrected chi connectivity index (χ3v) is 8.72. The molecule has 0 saturated carbocycles. The predicted octanol–water partition coefficient (Wildman–Crippen LogP) is 4.92. The molecule has 0 unspecified atom stereocenters. The van der Waals surface area contributed by atoms with E-state index in [1.54, 1.807) is 36.4 Å². The fraction of sp³-hybridized carbons (Fsp3) is 0. The average Bonchev–Trinajstić information content (AvgIpc) is 3.50. The van der Waals surface area contributed by atoms with Crippen LogP contribution < -0.4 is 0 Å². The van der Waals surface area contributed by atoms with E-state index in [1.807, 2.05) is 42.5 Å². The van der Waals surface area contributed by atoms with Crippen LogP contribution in [-0.2, 0) is 35.4 Å². The minimum absolute atomic E-state index is 0.110. The van der Waals surface area contributed by atoms with Gasteiger partial charge in [0.1, 0.15) is 0 Å². The molecule has 2 heterocycles. The van der Waals surface area contributed by atoms with Crippen molar-refractivity contribution in [1.82, 2.24) is 4.37 Å². The number of rotatable bonds is 0. The zero-order valence-electron chi connectivity index (χ0n) is 20.1. The predicted molar refractivity (Wildman–Crippen MR) is 140 cm³/mol. The number of benzene rings is 4. The van der Waals surface area contributed by atoms with E-state index >= 15 is 0 Å². The summed E-state index contributed by atoms with van der Waals surface area (Å²) in [5, 5.41) is 1.02. The molecule has 1 aliphatic heterocycles. The van der Waals surface area contributed by atoms with Crippen molar-refractivity contribution in [3.63, 3.8) is 0 Å². The van der Waals surface area contributed by atoms with E-state index in [4.69, 9.17) is 11.4 Å². The molecule has 0 fully saturated rings. The SMILES string of the molecule is O=C1c2ccccc2-c2nsc3cccc1c23.O=C1c2ccccc2C2=NS(=O)(=O)c3cccc1c32.[O]=[Cr](=[O])=[O]. The van der Waals surface area contributed by atoms with Crippen LogP contribution in [-0.4, -0.2) is 30.1 Å². The van der Waals surface area contributed by atoms with Crippen molar-refractivity contribution in [2.75, 3.05) is 0 Å². The molecular formula is C28H14CrN2O7S2. The molecule has 9 nitrogen and oxygen atoms in total. The molecule has 0 saturated heterocycles. The van der Waals surface area contributed by atoms with Crippen LogP contribution >= 0.6 is 11.5 Å². The van der Waals surface area contributed by atoms with E-state index in [1.165, 1.54) is 17.6 Å². The Balaban J connectivity index is 0.000000129. The van der Waals surface area contributed by atoms with Crippen molar-refractivity contribution >= 4 is 48.9 Å². The first-order chi connectivity index (χ1) is 19.2. The Labute approximate surface area is 234 Å². The molecule has 0 bridgehead atoms. The average molecular weight is 607 g/mol. The summed E-state index contributed by atoms with van der Waals surface area (Å²) in [5.74, 6) is -0.0394. The van der Waals surface area contributed by atoms with Gasteiger partial charge >= 0.3 is 25.4 Å². The molecule has 0 atom stereocenters. The Morgan fingerprint density at radius 1 is 0.625 bits per heavy atom. The van der Waals surface area contributed by atoms with Gasteiger partial charge in [-0.15, -0.1) is 0 Å². The number of fused-ring (bicyclic) bond motifs is 4. The van der Waals surface area contributed by atoms with Crippen LogP contribution in [0.25, 0.3) is 21.3 Å². The number of aromatic nitrogens is 1. The number of ketones is 2. The van der Waals surface area contributed by atoms with Gasteiger partial charge in [0.25, 0.3) is 10.0 Å². The van der Waals surface area contributed by atoms with Gasteiger partial charge in [-0.05, 0) is 23.7 Å². The van der Waals surface area contributed by atoms with Gasteiger partial charge in [0.15, 0.2) is 11.6 Å². The summed E-state index contributed by atoms with van der Waals surface area (Å²) in [6, 6.07) is 25.2. The second kappa shape index (κ2) is 9.69. The topological polar surface area (TPSA) is 145 Å². The normalized spacial score (nSPS) is 14.4. The van der Waals surface area contributed by atoms with Crippen molar-refractivity contribution in [1.29, 1.82) is 0 Å². The van der Waals surface area contributed by atoms with Gasteiger partial charge in [0.2, 0.25) is 0 Å². The Kier molecular flexibility index (Phi) is 6.28. The monoisotopic (exact) mass is 606 g/mol. The summed E-state index contributed by atoms with van der Waals surface area (Å²) in [7, 11) is -3.68. The van der Waals surface area contributed by atoms with Crippen LogP contribution in [0.3, 0.4) is 0 Å². The Hall–Kier alpha value is -4.34. The molecule has 5 aromatic rings. The van der Waals surface area contributed by atoms with Crippen molar-refractivity contribution in [2.45, 2.75) is 4.90 Å². The van der Waals surface area contributed by atoms with E-state index in [0.29, 0.717) is 28.0 Å². The molecule has 3 aliphatic rings. The van der Waals surface area contributed by atoms with Crippen molar-refractivity contribution in [3.05, 3.63) is 118 Å². The van der Waals surface area contributed by atoms with Crippen molar-refractivity contribution < 1.29 is 43.4 Å². The summed E-state index contributed by atoms with van der Waals surface area (Å²) in [6.07, 6.45) is 0. The van der Waals surface area contributed by atoms with Gasteiger partial charge in [-0.25, -0.2) is 0 Å². The molecule has 0 spiro atoms. The van der Waals surface area contributed by atoms with Gasteiger partial charge < -0.3 is 0 Å². The van der Waals surface area contributed by atoms with Gasteiger partial charge in [0.05, 0.1) is 21.0 Å². The van der Waals surface area contributed by atoms with E-state index in [0.717, 1.165) is 32.5 Å². The maximum absolute atomic E-state index is 12.4. The van der Waals surface area contributed by atoms with Crippen LogP contribution in [0, 0.1) is 0 Å². The zero-order valence-corrected chi connectivity index (χ0v) is 23.0. The van der Waals surface area contributed by atoms with E-state index < -0.39 is 24.0 Å². The van der Waals surface area contributed by atoms with Gasteiger partial charge in [-0.1, -0.05) is 72.8 Å². The number of carbonyl (C=O) groups excluding carboxylic acids is 2. The molecule has 1 aromatic heterocycles. The Bertz CT molecular complexity index is 2180. The number of carbonyl (C=O) groups is 2. The maximum atomic E-state index is 12.4. The minimum atomic E-state index is -3.79.